The van der Waals surface area contributed by atoms with Crippen LogP contribution < -0.4 is 15.8 Å². The fraction of sp³-hybridized carbons (Fsp3) is 0.103. The zero-order valence-electron chi connectivity index (χ0n) is 20.9. The molecule has 2 amide bonds. The van der Waals surface area contributed by atoms with Crippen LogP contribution >= 0.6 is 11.6 Å². The van der Waals surface area contributed by atoms with E-state index in [9.17, 15) is 23.1 Å². The molecule has 0 atom stereocenters. The van der Waals surface area contributed by atoms with Crippen LogP contribution in [0.4, 0.5) is 5.69 Å². The van der Waals surface area contributed by atoms with Crippen molar-refractivity contribution in [2.45, 2.75) is 17.9 Å². The summed E-state index contributed by atoms with van der Waals surface area (Å²) in [7, 11) is -3.82. The second-order valence-corrected chi connectivity index (χ2v) is 11.5. The minimum atomic E-state index is -3.82. The Morgan fingerprint density at radius 1 is 0.900 bits per heavy atom. The number of imide groups is 1. The van der Waals surface area contributed by atoms with Crippen LogP contribution in [0.3, 0.4) is 0 Å². The molecule has 40 heavy (non-hydrogen) atoms. The second kappa shape index (κ2) is 9.67. The van der Waals surface area contributed by atoms with Gasteiger partial charge in [0.25, 0.3) is 11.8 Å². The maximum atomic E-state index is 13.1. The van der Waals surface area contributed by atoms with Gasteiger partial charge in [-0.15, -0.1) is 0 Å². The highest BCUT2D eigenvalue weighted by molar-refractivity contribution is 7.89. The van der Waals surface area contributed by atoms with Gasteiger partial charge in [-0.2, -0.15) is 0 Å². The normalized spacial score (nSPS) is 13.2. The van der Waals surface area contributed by atoms with Gasteiger partial charge in [0.15, 0.2) is 0 Å². The molecule has 202 valence electrons. The minimum absolute atomic E-state index is 0.0217. The number of phenolic OH excluding ortho intramolecular Hbond substituents is 1. The summed E-state index contributed by atoms with van der Waals surface area (Å²) in [5, 5.41) is 22.9. The van der Waals surface area contributed by atoms with Gasteiger partial charge in [-0.25, -0.2) is 13.6 Å². The van der Waals surface area contributed by atoms with Crippen LogP contribution in [-0.4, -0.2) is 36.5 Å². The van der Waals surface area contributed by atoms with Gasteiger partial charge in [-0.1, -0.05) is 35.9 Å². The summed E-state index contributed by atoms with van der Waals surface area (Å²) in [6.45, 7) is 1.03. The van der Waals surface area contributed by atoms with Crippen LogP contribution in [0.5, 0.6) is 5.75 Å². The van der Waals surface area contributed by atoms with E-state index >= 15 is 0 Å². The minimum Gasteiger partial charge on any atom is -0.508 e. The number of carbonyl (C=O) groups excluding carboxylic acids is 2. The number of nitrogens with two attached hydrogens (primary N) is 1. The first-order valence-electron chi connectivity index (χ1n) is 12.4. The number of amides is 2. The van der Waals surface area contributed by atoms with E-state index in [-0.39, 0.29) is 21.8 Å². The van der Waals surface area contributed by atoms with Gasteiger partial charge in [0.1, 0.15) is 5.75 Å². The summed E-state index contributed by atoms with van der Waals surface area (Å²) < 4.78 is 25.4. The summed E-state index contributed by atoms with van der Waals surface area (Å²) in [6, 6.07) is 20.3. The van der Waals surface area contributed by atoms with Crippen LogP contribution in [-0.2, 0) is 16.6 Å². The molecular weight excluding hydrogens is 552 g/mol. The molecule has 0 fully saturated rings. The molecule has 0 bridgehead atoms. The first kappa shape index (κ1) is 25.9. The summed E-state index contributed by atoms with van der Waals surface area (Å²) in [4.78, 5) is 26.1. The van der Waals surface area contributed by atoms with Crippen molar-refractivity contribution in [1.29, 1.82) is 0 Å². The Morgan fingerprint density at radius 2 is 1.68 bits per heavy atom. The number of aromatic hydroxyl groups is 1. The van der Waals surface area contributed by atoms with E-state index in [1.54, 1.807) is 48.5 Å². The summed E-state index contributed by atoms with van der Waals surface area (Å²) >= 11 is 6.52. The zero-order valence-corrected chi connectivity index (χ0v) is 22.5. The van der Waals surface area contributed by atoms with E-state index in [1.165, 1.54) is 12.1 Å². The Kier molecular flexibility index (Phi) is 6.25. The van der Waals surface area contributed by atoms with Gasteiger partial charge in [-0.05, 0) is 60.5 Å². The summed E-state index contributed by atoms with van der Waals surface area (Å²) in [5.74, 6) is -0.960. The summed E-state index contributed by atoms with van der Waals surface area (Å²) in [5.41, 5.74) is 3.80. The van der Waals surface area contributed by atoms with Crippen molar-refractivity contribution < 1.29 is 23.1 Å². The second-order valence-electron chi connectivity index (χ2n) is 9.54. The molecule has 0 spiro atoms. The SMILES string of the molecule is NS(=O)(=O)c1cccc(NCCCn2c3ccc(O)cc3c3c4c(c(-c5ccccc5Cl)cc32)C(=O)NC4=O)c1. The number of sulfonamides is 1. The number of nitrogens with zero attached hydrogens (tertiary/aromatic N) is 1. The molecule has 0 aliphatic carbocycles. The number of aryl methyl sites for hydroxylation is 1. The largest absolute Gasteiger partial charge is 0.508 e. The van der Waals surface area contributed by atoms with Crippen molar-refractivity contribution in [2.24, 2.45) is 5.14 Å². The molecule has 11 heteroatoms. The standard InChI is InChI=1S/C29H23ClN4O5S/c30-22-8-2-1-7-19(22)20-15-24-25(27-26(20)28(36)33-29(27)37)21-14-17(35)9-10-23(21)34(24)12-4-11-32-16-5-3-6-18(13-16)40(31,38)39/h1-3,5-10,13-15,32,35H,4,11-12H2,(H2,31,38,39)(H,33,36,37). The fourth-order valence-corrected chi connectivity index (χ4v) is 6.12. The first-order valence-corrected chi connectivity index (χ1v) is 14.3. The molecule has 0 radical (unpaired) electrons. The van der Waals surface area contributed by atoms with Gasteiger partial charge >= 0.3 is 0 Å². The predicted octanol–water partition coefficient (Wildman–Crippen LogP) is 4.85. The Hall–Kier alpha value is -4.38. The fourth-order valence-electron chi connectivity index (χ4n) is 5.32. The lowest BCUT2D eigenvalue weighted by molar-refractivity contribution is 0.0880. The molecule has 1 aliphatic rings. The molecule has 2 heterocycles. The van der Waals surface area contributed by atoms with E-state index < -0.39 is 21.8 Å². The average molecular weight is 575 g/mol. The zero-order chi connectivity index (χ0) is 28.2. The molecule has 5 aromatic rings. The Balaban J connectivity index is 1.45. The van der Waals surface area contributed by atoms with Crippen molar-refractivity contribution in [3.8, 4) is 16.9 Å². The third-order valence-corrected chi connectivity index (χ3v) is 8.27. The molecule has 0 unspecified atom stereocenters. The maximum absolute atomic E-state index is 13.1. The number of halogens is 1. The molecule has 5 N–H and O–H groups in total. The number of nitrogens with one attached hydrogen (secondary N) is 2. The number of fused-ring (bicyclic) bond motifs is 5. The topological polar surface area (TPSA) is 144 Å². The molecule has 1 aliphatic heterocycles. The van der Waals surface area contributed by atoms with Crippen molar-refractivity contribution in [3.63, 3.8) is 0 Å². The number of primary sulfonamides is 1. The van der Waals surface area contributed by atoms with Crippen molar-refractivity contribution in [1.82, 2.24) is 9.88 Å². The van der Waals surface area contributed by atoms with Crippen molar-refractivity contribution in [2.75, 3.05) is 11.9 Å². The van der Waals surface area contributed by atoms with Crippen LogP contribution in [0.25, 0.3) is 32.9 Å². The first-order chi connectivity index (χ1) is 19.1. The van der Waals surface area contributed by atoms with Gasteiger partial charge < -0.3 is 15.0 Å². The number of phenols is 1. The molecule has 0 saturated carbocycles. The number of anilines is 1. The Bertz CT molecular complexity index is 1980. The number of benzene rings is 4. The Morgan fingerprint density at radius 3 is 2.45 bits per heavy atom. The molecule has 6 rings (SSSR count). The number of rotatable bonds is 7. The van der Waals surface area contributed by atoms with E-state index in [0.29, 0.717) is 52.1 Å². The monoisotopic (exact) mass is 574 g/mol. The molecule has 0 saturated heterocycles. The lowest BCUT2D eigenvalue weighted by Crippen LogP contribution is -2.20. The van der Waals surface area contributed by atoms with Crippen LogP contribution in [0.15, 0.2) is 77.7 Å². The van der Waals surface area contributed by atoms with Gasteiger partial charge in [0, 0.05) is 45.7 Å². The smallest absolute Gasteiger partial charge is 0.259 e. The van der Waals surface area contributed by atoms with E-state index in [2.05, 4.69) is 10.6 Å². The average Bonchev–Trinajstić information content (AvgIpc) is 3.38. The van der Waals surface area contributed by atoms with Crippen molar-refractivity contribution >= 4 is 60.9 Å². The molecule has 1 aromatic heterocycles. The van der Waals surface area contributed by atoms with Crippen LogP contribution in [0.1, 0.15) is 27.1 Å². The lowest BCUT2D eigenvalue weighted by atomic mass is 9.93. The third kappa shape index (κ3) is 4.36. The lowest BCUT2D eigenvalue weighted by Gasteiger charge is -2.13. The number of hydrogen-bond acceptors (Lipinski definition) is 6. The highest BCUT2D eigenvalue weighted by Crippen LogP contribution is 2.42. The van der Waals surface area contributed by atoms with Gasteiger partial charge in [-0.3, -0.25) is 14.9 Å². The maximum Gasteiger partial charge on any atom is 0.259 e. The quantitative estimate of drug-likeness (QED) is 0.161. The van der Waals surface area contributed by atoms with Crippen LogP contribution in [0, 0.1) is 0 Å². The number of hydrogen-bond donors (Lipinski definition) is 4. The third-order valence-electron chi connectivity index (χ3n) is 7.03. The number of carbonyl (C=O) groups is 2. The number of aromatic nitrogens is 1. The van der Waals surface area contributed by atoms with E-state index in [1.807, 2.05) is 16.7 Å². The van der Waals surface area contributed by atoms with Crippen molar-refractivity contribution in [3.05, 3.63) is 88.9 Å². The highest BCUT2D eigenvalue weighted by Gasteiger charge is 2.35. The molecular formula is C29H23ClN4O5S. The van der Waals surface area contributed by atoms with Crippen LogP contribution in [0.2, 0.25) is 5.02 Å². The van der Waals surface area contributed by atoms with E-state index in [0.717, 1.165) is 11.0 Å². The summed E-state index contributed by atoms with van der Waals surface area (Å²) in [6.07, 6.45) is 0.628. The predicted molar refractivity (Wildman–Crippen MR) is 154 cm³/mol. The van der Waals surface area contributed by atoms with Gasteiger partial charge in [0.2, 0.25) is 10.0 Å². The Labute approximate surface area is 234 Å². The molecule has 9 nitrogen and oxygen atoms in total. The highest BCUT2D eigenvalue weighted by atomic mass is 35.5. The van der Waals surface area contributed by atoms with E-state index in [4.69, 9.17) is 16.7 Å². The molecule has 4 aromatic carbocycles. The van der Waals surface area contributed by atoms with Gasteiger partial charge in [0.05, 0.1) is 21.5 Å².